The first-order valence-corrected chi connectivity index (χ1v) is 6.56. The Kier molecular flexibility index (Phi) is 4.55. The number of phenols is 1. The van der Waals surface area contributed by atoms with Crippen molar-refractivity contribution in [1.82, 2.24) is 5.32 Å². The number of aliphatic hydroxyl groups excluding tert-OH is 1. The molecule has 100 valence electrons. The molecule has 2 atom stereocenters. The summed E-state index contributed by atoms with van der Waals surface area (Å²) in [6.07, 6.45) is 4.71. The van der Waals surface area contributed by atoms with Crippen LogP contribution in [-0.2, 0) is 6.54 Å². The Labute approximate surface area is 107 Å². The van der Waals surface area contributed by atoms with Gasteiger partial charge in [0.15, 0.2) is 11.6 Å². The largest absolute Gasteiger partial charge is 0.505 e. The van der Waals surface area contributed by atoms with Crippen molar-refractivity contribution in [2.75, 3.05) is 0 Å². The number of benzene rings is 1. The zero-order chi connectivity index (χ0) is 13.0. The van der Waals surface area contributed by atoms with Gasteiger partial charge in [0, 0.05) is 18.2 Å². The average molecular weight is 253 g/mol. The van der Waals surface area contributed by atoms with E-state index < -0.39 is 5.82 Å². The molecule has 1 aromatic rings. The molecule has 1 aliphatic rings. The van der Waals surface area contributed by atoms with Crippen molar-refractivity contribution in [3.63, 3.8) is 0 Å². The molecule has 18 heavy (non-hydrogen) atoms. The van der Waals surface area contributed by atoms with Gasteiger partial charge in [0.25, 0.3) is 0 Å². The van der Waals surface area contributed by atoms with Crippen LogP contribution in [0.2, 0.25) is 0 Å². The van der Waals surface area contributed by atoms with Gasteiger partial charge in [-0.3, -0.25) is 0 Å². The van der Waals surface area contributed by atoms with Crippen molar-refractivity contribution < 1.29 is 14.6 Å². The standard InChI is InChI=1S/C14H20FNO2/c15-11-6-4-5-10(14(11)18)9-16-12-7-2-1-3-8-13(12)17/h4-6,12-13,16-18H,1-3,7-9H2. The first-order chi connectivity index (χ1) is 8.68. The molecule has 2 rings (SSSR count). The number of nitrogens with one attached hydrogen (secondary N) is 1. The van der Waals surface area contributed by atoms with E-state index in [1.807, 2.05) is 0 Å². The van der Waals surface area contributed by atoms with Crippen molar-refractivity contribution in [3.05, 3.63) is 29.6 Å². The van der Waals surface area contributed by atoms with Gasteiger partial charge in [0.2, 0.25) is 0 Å². The molecule has 1 aromatic carbocycles. The Morgan fingerprint density at radius 3 is 2.83 bits per heavy atom. The smallest absolute Gasteiger partial charge is 0.165 e. The Morgan fingerprint density at radius 1 is 1.22 bits per heavy atom. The summed E-state index contributed by atoms with van der Waals surface area (Å²) in [6.45, 7) is 0.380. The highest BCUT2D eigenvalue weighted by molar-refractivity contribution is 5.33. The van der Waals surface area contributed by atoms with Gasteiger partial charge in [-0.15, -0.1) is 0 Å². The van der Waals surface area contributed by atoms with E-state index >= 15 is 0 Å². The maximum atomic E-state index is 13.2. The predicted molar refractivity (Wildman–Crippen MR) is 67.8 cm³/mol. The molecule has 0 bridgehead atoms. The molecule has 1 aliphatic carbocycles. The molecular weight excluding hydrogens is 233 g/mol. The minimum absolute atomic E-state index is 0.0372. The topological polar surface area (TPSA) is 52.5 Å². The molecule has 0 saturated heterocycles. The molecule has 0 aromatic heterocycles. The summed E-state index contributed by atoms with van der Waals surface area (Å²) in [5, 5.41) is 22.7. The highest BCUT2D eigenvalue weighted by atomic mass is 19.1. The van der Waals surface area contributed by atoms with E-state index in [0.29, 0.717) is 12.1 Å². The fraction of sp³-hybridized carbons (Fsp3) is 0.571. The fourth-order valence-corrected chi connectivity index (χ4v) is 2.47. The number of phenolic OH excluding ortho intramolecular Hbond substituents is 1. The number of hydrogen-bond donors (Lipinski definition) is 3. The van der Waals surface area contributed by atoms with E-state index in [1.165, 1.54) is 6.07 Å². The van der Waals surface area contributed by atoms with Gasteiger partial charge in [0.1, 0.15) is 0 Å². The molecule has 3 N–H and O–H groups in total. The van der Waals surface area contributed by atoms with Gasteiger partial charge < -0.3 is 15.5 Å². The molecule has 2 unspecified atom stereocenters. The third kappa shape index (κ3) is 3.21. The molecule has 0 amide bonds. The van der Waals surface area contributed by atoms with Crippen LogP contribution >= 0.6 is 0 Å². The van der Waals surface area contributed by atoms with E-state index in [1.54, 1.807) is 12.1 Å². The molecule has 0 aliphatic heterocycles. The van der Waals surface area contributed by atoms with Gasteiger partial charge in [-0.05, 0) is 18.9 Å². The second-order valence-electron chi connectivity index (χ2n) is 4.94. The number of rotatable bonds is 3. The average Bonchev–Trinajstić information content (AvgIpc) is 2.56. The second kappa shape index (κ2) is 6.16. The molecule has 0 radical (unpaired) electrons. The molecule has 4 heteroatoms. The van der Waals surface area contributed by atoms with Crippen molar-refractivity contribution in [2.24, 2.45) is 0 Å². The van der Waals surface area contributed by atoms with Crippen LogP contribution in [0.3, 0.4) is 0 Å². The Hall–Kier alpha value is -1.13. The number of para-hydroxylation sites is 1. The van der Waals surface area contributed by atoms with Gasteiger partial charge in [-0.1, -0.05) is 31.4 Å². The maximum absolute atomic E-state index is 13.2. The summed E-state index contributed by atoms with van der Waals surface area (Å²) >= 11 is 0. The summed E-state index contributed by atoms with van der Waals surface area (Å²) in [5.74, 6) is -0.899. The molecule has 1 saturated carbocycles. The second-order valence-corrected chi connectivity index (χ2v) is 4.94. The van der Waals surface area contributed by atoms with E-state index in [9.17, 15) is 14.6 Å². The van der Waals surface area contributed by atoms with Crippen LogP contribution in [0, 0.1) is 5.82 Å². The van der Waals surface area contributed by atoms with Gasteiger partial charge in [-0.25, -0.2) is 4.39 Å². The lowest BCUT2D eigenvalue weighted by molar-refractivity contribution is 0.119. The molecule has 3 nitrogen and oxygen atoms in total. The Balaban J connectivity index is 1.95. The van der Waals surface area contributed by atoms with Crippen LogP contribution in [0.5, 0.6) is 5.75 Å². The molecule has 1 fully saturated rings. The first kappa shape index (κ1) is 13.3. The summed E-state index contributed by atoms with van der Waals surface area (Å²) in [5.41, 5.74) is 0.534. The lowest BCUT2D eigenvalue weighted by atomic mass is 10.1. The molecule has 0 spiro atoms. The van der Waals surface area contributed by atoms with Crippen molar-refractivity contribution in [2.45, 2.75) is 50.8 Å². The quantitative estimate of drug-likeness (QED) is 0.725. The number of aromatic hydroxyl groups is 1. The monoisotopic (exact) mass is 253 g/mol. The summed E-state index contributed by atoms with van der Waals surface area (Å²) in [6, 6.07) is 4.54. The summed E-state index contributed by atoms with van der Waals surface area (Å²) in [4.78, 5) is 0. The highest BCUT2D eigenvalue weighted by Gasteiger charge is 2.21. The van der Waals surface area contributed by atoms with E-state index in [-0.39, 0.29) is 17.9 Å². The van der Waals surface area contributed by atoms with E-state index in [0.717, 1.165) is 32.1 Å². The number of halogens is 1. The Bertz CT molecular complexity index is 397. The minimum atomic E-state index is -0.601. The number of aliphatic hydroxyl groups is 1. The van der Waals surface area contributed by atoms with Crippen molar-refractivity contribution in [1.29, 1.82) is 0 Å². The minimum Gasteiger partial charge on any atom is -0.505 e. The summed E-state index contributed by atoms with van der Waals surface area (Å²) < 4.78 is 13.2. The fourth-order valence-electron chi connectivity index (χ4n) is 2.47. The predicted octanol–water partition coefficient (Wildman–Crippen LogP) is 2.31. The maximum Gasteiger partial charge on any atom is 0.165 e. The molecular formula is C14H20FNO2. The zero-order valence-corrected chi connectivity index (χ0v) is 10.4. The van der Waals surface area contributed by atoms with Crippen molar-refractivity contribution >= 4 is 0 Å². The van der Waals surface area contributed by atoms with Gasteiger partial charge >= 0.3 is 0 Å². The van der Waals surface area contributed by atoms with E-state index in [4.69, 9.17) is 0 Å². The molecule has 0 heterocycles. The van der Waals surface area contributed by atoms with Crippen LogP contribution in [0.25, 0.3) is 0 Å². The van der Waals surface area contributed by atoms with Gasteiger partial charge in [0.05, 0.1) is 6.10 Å². The van der Waals surface area contributed by atoms with Crippen LogP contribution in [0.1, 0.15) is 37.7 Å². The van der Waals surface area contributed by atoms with Crippen LogP contribution < -0.4 is 5.32 Å². The first-order valence-electron chi connectivity index (χ1n) is 6.56. The third-order valence-electron chi connectivity index (χ3n) is 3.60. The summed E-state index contributed by atoms with van der Waals surface area (Å²) in [7, 11) is 0. The van der Waals surface area contributed by atoms with Crippen molar-refractivity contribution in [3.8, 4) is 5.75 Å². The van der Waals surface area contributed by atoms with Gasteiger partial charge in [-0.2, -0.15) is 0 Å². The lowest BCUT2D eigenvalue weighted by Crippen LogP contribution is -2.38. The third-order valence-corrected chi connectivity index (χ3v) is 3.60. The number of hydrogen-bond acceptors (Lipinski definition) is 3. The highest BCUT2D eigenvalue weighted by Crippen LogP contribution is 2.22. The van der Waals surface area contributed by atoms with Crippen LogP contribution in [0.4, 0.5) is 4.39 Å². The van der Waals surface area contributed by atoms with E-state index in [2.05, 4.69) is 5.32 Å². The van der Waals surface area contributed by atoms with Crippen LogP contribution in [-0.4, -0.2) is 22.4 Å². The zero-order valence-electron chi connectivity index (χ0n) is 10.4. The Morgan fingerprint density at radius 2 is 2.00 bits per heavy atom. The normalized spacial score (nSPS) is 24.8. The van der Waals surface area contributed by atoms with Crippen LogP contribution in [0.15, 0.2) is 18.2 Å². The SMILES string of the molecule is Oc1c(F)cccc1CNC1CCCCCC1O. The lowest BCUT2D eigenvalue weighted by Gasteiger charge is -2.22.